The molecule has 0 spiro atoms. The van der Waals surface area contributed by atoms with Gasteiger partial charge >= 0.3 is 0 Å². The van der Waals surface area contributed by atoms with Crippen LogP contribution in [0.15, 0.2) is 12.3 Å². The van der Waals surface area contributed by atoms with E-state index in [1.807, 2.05) is 6.20 Å². The van der Waals surface area contributed by atoms with Crippen molar-refractivity contribution in [1.82, 2.24) is 9.78 Å². The first kappa shape index (κ1) is 10.2. The molecule has 2 N–H and O–H groups in total. The molecule has 0 aliphatic rings. The molecule has 0 saturated heterocycles. The van der Waals surface area contributed by atoms with Crippen LogP contribution in [0.25, 0.3) is 0 Å². The number of aliphatic hydroxyl groups excluding tert-OH is 2. The van der Waals surface area contributed by atoms with Gasteiger partial charge in [-0.3, -0.25) is 4.68 Å². The minimum absolute atomic E-state index is 0.0121. The lowest BCUT2D eigenvalue weighted by Gasteiger charge is -2.04. The Kier molecular flexibility index (Phi) is 3.92. The monoisotopic (exact) mass is 184 g/mol. The summed E-state index contributed by atoms with van der Waals surface area (Å²) in [5.74, 6) is 0. The van der Waals surface area contributed by atoms with Crippen molar-refractivity contribution < 1.29 is 10.2 Å². The van der Waals surface area contributed by atoms with Gasteiger partial charge < -0.3 is 10.2 Å². The zero-order valence-electron chi connectivity index (χ0n) is 7.85. The minimum Gasteiger partial charge on any atom is -0.396 e. The highest BCUT2D eigenvalue weighted by Crippen LogP contribution is 2.13. The first-order valence-corrected chi connectivity index (χ1v) is 4.60. The smallest absolute Gasteiger partial charge is 0.1000 e. The van der Waals surface area contributed by atoms with E-state index in [1.54, 1.807) is 10.7 Å². The van der Waals surface area contributed by atoms with Gasteiger partial charge in [0.25, 0.3) is 0 Å². The fraction of sp³-hybridized carbons (Fsp3) is 0.667. The zero-order chi connectivity index (χ0) is 9.68. The predicted octanol–water partition coefficient (Wildman–Crippen LogP) is 0.709. The Morgan fingerprint density at radius 2 is 2.38 bits per heavy atom. The first-order valence-electron chi connectivity index (χ1n) is 4.60. The molecular weight excluding hydrogens is 168 g/mol. The average molecular weight is 184 g/mol. The summed E-state index contributed by atoms with van der Waals surface area (Å²) in [5, 5.41) is 22.3. The number of nitrogens with zero attached hydrogens (tertiary/aromatic N) is 2. The highest BCUT2D eigenvalue weighted by molar-refractivity contribution is 5.02. The van der Waals surface area contributed by atoms with Crippen LogP contribution in [0.1, 0.15) is 31.6 Å². The molecule has 13 heavy (non-hydrogen) atoms. The third kappa shape index (κ3) is 2.82. The van der Waals surface area contributed by atoms with E-state index in [1.165, 1.54) is 0 Å². The molecule has 0 saturated carbocycles. The van der Waals surface area contributed by atoms with Crippen LogP contribution >= 0.6 is 0 Å². The maximum absolute atomic E-state index is 9.47. The van der Waals surface area contributed by atoms with Crippen molar-refractivity contribution in [3.05, 3.63) is 18.0 Å². The summed E-state index contributed by atoms with van der Waals surface area (Å²) in [5.41, 5.74) is 0.641. The van der Waals surface area contributed by atoms with Crippen molar-refractivity contribution in [2.24, 2.45) is 0 Å². The number of aliphatic hydroxyl groups is 2. The van der Waals surface area contributed by atoms with Crippen LogP contribution in [0.5, 0.6) is 0 Å². The number of aromatic nitrogens is 2. The lowest BCUT2D eigenvalue weighted by Crippen LogP contribution is -2.03. The fourth-order valence-electron chi connectivity index (χ4n) is 1.18. The molecule has 0 aromatic carbocycles. The topological polar surface area (TPSA) is 58.3 Å². The van der Waals surface area contributed by atoms with Gasteiger partial charge in [0.05, 0.1) is 11.8 Å². The molecule has 0 unspecified atom stereocenters. The summed E-state index contributed by atoms with van der Waals surface area (Å²) in [6.45, 7) is 2.93. The van der Waals surface area contributed by atoms with Gasteiger partial charge in [0, 0.05) is 25.8 Å². The van der Waals surface area contributed by atoms with Gasteiger partial charge in [-0.25, -0.2) is 0 Å². The van der Waals surface area contributed by atoms with Crippen molar-refractivity contribution in [2.45, 2.75) is 32.4 Å². The van der Waals surface area contributed by atoms with Gasteiger partial charge in [-0.15, -0.1) is 0 Å². The summed E-state index contributed by atoms with van der Waals surface area (Å²) in [7, 11) is 0. The predicted molar refractivity (Wildman–Crippen MR) is 49.2 cm³/mol. The van der Waals surface area contributed by atoms with Gasteiger partial charge in [-0.2, -0.15) is 5.10 Å². The quantitative estimate of drug-likeness (QED) is 0.708. The van der Waals surface area contributed by atoms with Crippen LogP contribution in [-0.4, -0.2) is 26.6 Å². The number of hydrogen-bond acceptors (Lipinski definition) is 3. The molecule has 4 nitrogen and oxygen atoms in total. The van der Waals surface area contributed by atoms with Gasteiger partial charge in [0.2, 0.25) is 0 Å². The van der Waals surface area contributed by atoms with E-state index in [2.05, 4.69) is 12.0 Å². The summed E-state index contributed by atoms with van der Waals surface area (Å²) in [6, 6.07) is 1.79. The van der Waals surface area contributed by atoms with Crippen molar-refractivity contribution in [1.29, 1.82) is 0 Å². The molecule has 0 fully saturated rings. The molecule has 4 heteroatoms. The van der Waals surface area contributed by atoms with Gasteiger partial charge in [0.1, 0.15) is 0 Å². The van der Waals surface area contributed by atoms with Crippen molar-refractivity contribution in [3.63, 3.8) is 0 Å². The second kappa shape index (κ2) is 4.99. The summed E-state index contributed by atoms with van der Waals surface area (Å²) < 4.78 is 1.80. The molecule has 1 aromatic rings. The first-order chi connectivity index (χ1) is 6.27. The Bertz CT molecular complexity index is 248. The standard InChI is InChI=1S/C9H16N2O2/c1-2-5-11-6-3-8(10-11)9(13)4-7-12/h3,6,9,12-13H,2,4-5,7H2,1H3/t9-/m1/s1. The third-order valence-corrected chi connectivity index (χ3v) is 1.86. The van der Waals surface area contributed by atoms with Gasteiger partial charge in [-0.1, -0.05) is 6.92 Å². The number of aryl methyl sites for hydroxylation is 1. The fourth-order valence-corrected chi connectivity index (χ4v) is 1.18. The summed E-state index contributed by atoms with van der Waals surface area (Å²) in [6.07, 6.45) is 2.59. The van der Waals surface area contributed by atoms with Crippen LogP contribution in [0.4, 0.5) is 0 Å². The van der Waals surface area contributed by atoms with Crippen molar-refractivity contribution in [3.8, 4) is 0 Å². The highest BCUT2D eigenvalue weighted by atomic mass is 16.3. The Hall–Kier alpha value is -0.870. The minimum atomic E-state index is -0.636. The molecule has 1 heterocycles. The van der Waals surface area contributed by atoms with E-state index in [0.29, 0.717) is 12.1 Å². The van der Waals surface area contributed by atoms with Crippen molar-refractivity contribution >= 4 is 0 Å². The third-order valence-electron chi connectivity index (χ3n) is 1.86. The largest absolute Gasteiger partial charge is 0.396 e. The molecule has 0 amide bonds. The molecule has 1 rings (SSSR count). The Morgan fingerprint density at radius 3 is 3.00 bits per heavy atom. The summed E-state index contributed by atoms with van der Waals surface area (Å²) >= 11 is 0. The molecule has 0 bridgehead atoms. The molecule has 1 aromatic heterocycles. The van der Waals surface area contributed by atoms with Gasteiger partial charge in [0.15, 0.2) is 0 Å². The molecule has 74 valence electrons. The second-order valence-corrected chi connectivity index (χ2v) is 3.03. The maximum atomic E-state index is 9.47. The molecule has 0 radical (unpaired) electrons. The van der Waals surface area contributed by atoms with Crippen LogP contribution in [-0.2, 0) is 6.54 Å². The van der Waals surface area contributed by atoms with Crippen LogP contribution in [0.3, 0.4) is 0 Å². The zero-order valence-corrected chi connectivity index (χ0v) is 7.85. The van der Waals surface area contributed by atoms with E-state index in [9.17, 15) is 5.11 Å². The SMILES string of the molecule is CCCn1ccc([C@H](O)CCO)n1. The van der Waals surface area contributed by atoms with Crippen LogP contribution in [0.2, 0.25) is 0 Å². The van der Waals surface area contributed by atoms with Crippen LogP contribution < -0.4 is 0 Å². The number of hydrogen-bond donors (Lipinski definition) is 2. The summed E-state index contributed by atoms with van der Waals surface area (Å²) in [4.78, 5) is 0. The Labute approximate surface area is 77.8 Å². The average Bonchev–Trinajstić information content (AvgIpc) is 2.54. The van der Waals surface area contributed by atoms with E-state index >= 15 is 0 Å². The molecule has 0 aliphatic carbocycles. The molecule has 1 atom stereocenters. The van der Waals surface area contributed by atoms with E-state index in [0.717, 1.165) is 13.0 Å². The number of rotatable bonds is 5. The molecular formula is C9H16N2O2. The Balaban J connectivity index is 2.56. The Morgan fingerprint density at radius 1 is 1.62 bits per heavy atom. The van der Waals surface area contributed by atoms with E-state index in [4.69, 9.17) is 5.11 Å². The van der Waals surface area contributed by atoms with Gasteiger partial charge in [-0.05, 0) is 12.5 Å². The maximum Gasteiger partial charge on any atom is 0.1000 e. The van der Waals surface area contributed by atoms with E-state index in [-0.39, 0.29) is 6.61 Å². The lowest BCUT2D eigenvalue weighted by molar-refractivity contribution is 0.130. The normalized spacial score (nSPS) is 13.2. The van der Waals surface area contributed by atoms with Crippen molar-refractivity contribution in [2.75, 3.05) is 6.61 Å². The molecule has 0 aliphatic heterocycles. The highest BCUT2D eigenvalue weighted by Gasteiger charge is 2.09. The second-order valence-electron chi connectivity index (χ2n) is 3.03. The lowest BCUT2D eigenvalue weighted by atomic mass is 10.2. The van der Waals surface area contributed by atoms with Crippen LogP contribution in [0, 0.1) is 0 Å². The van der Waals surface area contributed by atoms with E-state index < -0.39 is 6.10 Å².